The fourth-order valence-corrected chi connectivity index (χ4v) is 4.97. The van der Waals surface area contributed by atoms with Gasteiger partial charge in [-0.05, 0) is 86.5 Å². The molecule has 1 fully saturated rings. The van der Waals surface area contributed by atoms with E-state index in [0.717, 1.165) is 24.3 Å². The molecule has 1 aliphatic heterocycles. The number of benzene rings is 1. The Balaban J connectivity index is 1.72. The molecule has 3 aromatic heterocycles. The number of pyridine rings is 1. The molecular weight excluding hydrogens is 358 g/mol. The van der Waals surface area contributed by atoms with Crippen molar-refractivity contribution < 1.29 is 0 Å². The smallest absolute Gasteiger partial charge is 0.163 e. The monoisotopic (exact) mass is 387 g/mol. The van der Waals surface area contributed by atoms with Gasteiger partial charge in [-0.3, -0.25) is 4.40 Å². The number of aromatic nitrogens is 4. The molecule has 1 aliphatic rings. The van der Waals surface area contributed by atoms with Gasteiger partial charge in [0.25, 0.3) is 0 Å². The average molecular weight is 388 g/mol. The number of nitrogens with one attached hydrogen (secondary N) is 2. The van der Waals surface area contributed by atoms with Crippen molar-refractivity contribution in [3.8, 4) is 11.3 Å². The number of H-pyrrole nitrogens is 1. The number of piperidine rings is 1. The molecular formula is C24H29N5. The predicted molar refractivity (Wildman–Crippen MR) is 119 cm³/mol. The third-order valence-electron chi connectivity index (χ3n) is 6.53. The molecule has 5 rings (SSSR count). The van der Waals surface area contributed by atoms with Crippen LogP contribution in [0.25, 0.3) is 27.8 Å². The van der Waals surface area contributed by atoms with Crippen LogP contribution < -0.4 is 5.32 Å². The highest BCUT2D eigenvalue weighted by atomic mass is 15.2. The number of rotatable bonds is 3. The summed E-state index contributed by atoms with van der Waals surface area (Å²) in [7, 11) is 0. The second-order valence-corrected chi connectivity index (χ2v) is 8.75. The van der Waals surface area contributed by atoms with Gasteiger partial charge in [-0.1, -0.05) is 19.9 Å². The van der Waals surface area contributed by atoms with Crippen LogP contribution in [0, 0.1) is 13.8 Å². The summed E-state index contributed by atoms with van der Waals surface area (Å²) in [4.78, 5) is 3.75. The lowest BCUT2D eigenvalue weighted by Crippen LogP contribution is -2.26. The number of aryl methyl sites for hydroxylation is 2. The molecule has 5 nitrogen and oxygen atoms in total. The van der Waals surface area contributed by atoms with Gasteiger partial charge < -0.3 is 10.3 Å². The van der Waals surface area contributed by atoms with E-state index in [-0.39, 0.29) is 0 Å². The Bertz CT molecular complexity index is 1190. The molecule has 0 aliphatic carbocycles. The van der Waals surface area contributed by atoms with Gasteiger partial charge in [-0.2, -0.15) is 0 Å². The minimum atomic E-state index is 0.429. The normalized spacial score (nSPS) is 15.8. The first-order valence-electron chi connectivity index (χ1n) is 10.7. The molecule has 2 N–H and O–H groups in total. The number of hydrogen-bond acceptors (Lipinski definition) is 3. The van der Waals surface area contributed by atoms with E-state index in [2.05, 4.69) is 76.9 Å². The van der Waals surface area contributed by atoms with Crippen molar-refractivity contribution >= 4 is 16.6 Å². The minimum Gasteiger partial charge on any atom is -0.354 e. The van der Waals surface area contributed by atoms with Crippen molar-refractivity contribution in [3.63, 3.8) is 0 Å². The summed E-state index contributed by atoms with van der Waals surface area (Å²) < 4.78 is 2.10. The first kappa shape index (κ1) is 18.4. The van der Waals surface area contributed by atoms with Crippen LogP contribution in [0.1, 0.15) is 60.9 Å². The van der Waals surface area contributed by atoms with Crippen LogP contribution in [0.4, 0.5) is 0 Å². The van der Waals surface area contributed by atoms with Crippen molar-refractivity contribution in [2.45, 2.75) is 52.4 Å². The second-order valence-electron chi connectivity index (χ2n) is 8.75. The van der Waals surface area contributed by atoms with E-state index in [9.17, 15) is 0 Å². The highest BCUT2D eigenvalue weighted by Crippen LogP contribution is 2.39. The molecule has 4 aromatic rings. The summed E-state index contributed by atoms with van der Waals surface area (Å²) in [6.45, 7) is 11.1. The maximum Gasteiger partial charge on any atom is 0.163 e. The molecule has 29 heavy (non-hydrogen) atoms. The van der Waals surface area contributed by atoms with Gasteiger partial charge in [0.15, 0.2) is 5.65 Å². The Morgan fingerprint density at radius 2 is 1.90 bits per heavy atom. The topological polar surface area (TPSA) is 58.0 Å². The predicted octanol–water partition coefficient (Wildman–Crippen LogP) is 5.08. The molecule has 0 atom stereocenters. The molecule has 150 valence electrons. The average Bonchev–Trinajstić information content (AvgIpc) is 3.36. The third kappa shape index (κ3) is 2.96. The Labute approximate surface area is 171 Å². The van der Waals surface area contributed by atoms with E-state index < -0.39 is 0 Å². The lowest BCUT2D eigenvalue weighted by atomic mass is 9.88. The van der Waals surface area contributed by atoms with Gasteiger partial charge in [0, 0.05) is 22.2 Å². The van der Waals surface area contributed by atoms with E-state index in [1.807, 2.05) is 6.33 Å². The Kier molecular flexibility index (Phi) is 4.43. The SMILES string of the molecule is Cc1cc(-c2[nH]c3ccc(C4CCNCC4)cc3c2C(C)C)c(C)n2cnnc12. The number of fused-ring (bicyclic) bond motifs is 2. The largest absolute Gasteiger partial charge is 0.354 e. The molecule has 0 unspecified atom stereocenters. The third-order valence-corrected chi connectivity index (χ3v) is 6.53. The standard InChI is InChI=1S/C24H29N5/c1-14(2)22-20-12-18(17-7-9-25-10-8-17)5-6-21(20)27-23(22)19-11-15(3)24-28-26-13-29(24)16(19)4/h5-6,11-14,17,25,27H,7-10H2,1-4H3. The number of nitrogens with zero attached hydrogens (tertiary/aromatic N) is 3. The summed E-state index contributed by atoms with van der Waals surface area (Å²) >= 11 is 0. The fourth-order valence-electron chi connectivity index (χ4n) is 4.97. The Hall–Kier alpha value is -2.66. The summed E-state index contributed by atoms with van der Waals surface area (Å²) in [6.07, 6.45) is 4.26. The van der Waals surface area contributed by atoms with Gasteiger partial charge >= 0.3 is 0 Å². The maximum atomic E-state index is 4.28. The van der Waals surface area contributed by atoms with Gasteiger partial charge in [0.05, 0.1) is 5.69 Å². The van der Waals surface area contributed by atoms with Crippen molar-refractivity contribution in [3.05, 3.63) is 53.0 Å². The van der Waals surface area contributed by atoms with Crippen molar-refractivity contribution in [1.82, 2.24) is 24.9 Å². The molecule has 0 radical (unpaired) electrons. The maximum absolute atomic E-state index is 4.28. The summed E-state index contributed by atoms with van der Waals surface area (Å²) in [5.74, 6) is 1.09. The van der Waals surface area contributed by atoms with Crippen LogP contribution in [0.15, 0.2) is 30.6 Å². The molecule has 4 heterocycles. The zero-order chi connectivity index (χ0) is 20.1. The second kappa shape index (κ2) is 6.99. The molecule has 0 saturated carbocycles. The van der Waals surface area contributed by atoms with Crippen molar-refractivity contribution in [1.29, 1.82) is 0 Å². The summed E-state index contributed by atoms with van der Waals surface area (Å²) in [5, 5.41) is 13.2. The van der Waals surface area contributed by atoms with Crippen LogP contribution >= 0.6 is 0 Å². The van der Waals surface area contributed by atoms with Gasteiger partial charge in [0.1, 0.15) is 6.33 Å². The van der Waals surface area contributed by atoms with Crippen LogP contribution in [0.2, 0.25) is 0 Å². The van der Waals surface area contributed by atoms with E-state index in [1.165, 1.54) is 51.8 Å². The van der Waals surface area contributed by atoms with Crippen LogP contribution in [0.3, 0.4) is 0 Å². The summed E-state index contributed by atoms with van der Waals surface area (Å²) in [6, 6.07) is 9.30. The quantitative estimate of drug-likeness (QED) is 0.515. The lowest BCUT2D eigenvalue weighted by molar-refractivity contribution is 0.460. The number of hydrogen-bond donors (Lipinski definition) is 2. The minimum absolute atomic E-state index is 0.429. The highest BCUT2D eigenvalue weighted by Gasteiger charge is 2.22. The first-order valence-corrected chi connectivity index (χ1v) is 10.7. The van der Waals surface area contributed by atoms with Crippen molar-refractivity contribution in [2.24, 2.45) is 0 Å². The Morgan fingerprint density at radius 3 is 2.66 bits per heavy atom. The van der Waals surface area contributed by atoms with Crippen molar-refractivity contribution in [2.75, 3.05) is 13.1 Å². The number of aromatic amines is 1. The first-order chi connectivity index (χ1) is 14.0. The molecule has 1 saturated heterocycles. The molecule has 0 spiro atoms. The lowest BCUT2D eigenvalue weighted by Gasteiger charge is -2.23. The fraction of sp³-hybridized carbons (Fsp3) is 0.417. The van der Waals surface area contributed by atoms with Crippen LogP contribution in [-0.4, -0.2) is 32.7 Å². The van der Waals surface area contributed by atoms with Gasteiger partial charge in [0.2, 0.25) is 0 Å². The zero-order valence-electron chi connectivity index (χ0n) is 17.7. The van der Waals surface area contributed by atoms with E-state index in [4.69, 9.17) is 0 Å². The van der Waals surface area contributed by atoms with Crippen LogP contribution in [-0.2, 0) is 0 Å². The highest BCUT2D eigenvalue weighted by molar-refractivity contribution is 5.92. The molecule has 0 bridgehead atoms. The van der Waals surface area contributed by atoms with E-state index in [1.54, 1.807) is 0 Å². The summed E-state index contributed by atoms with van der Waals surface area (Å²) in [5.41, 5.74) is 9.82. The molecule has 5 heteroatoms. The van der Waals surface area contributed by atoms with Crippen LogP contribution in [0.5, 0.6) is 0 Å². The van der Waals surface area contributed by atoms with E-state index in [0.29, 0.717) is 11.8 Å². The van der Waals surface area contributed by atoms with Gasteiger partial charge in [-0.25, -0.2) is 0 Å². The zero-order valence-corrected chi connectivity index (χ0v) is 17.7. The molecule has 1 aromatic carbocycles. The Morgan fingerprint density at radius 1 is 1.10 bits per heavy atom. The molecule has 0 amide bonds. The van der Waals surface area contributed by atoms with Gasteiger partial charge in [-0.15, -0.1) is 10.2 Å². The van der Waals surface area contributed by atoms with E-state index >= 15 is 0 Å².